The molecule has 0 amide bonds. The van der Waals surface area contributed by atoms with E-state index in [1.165, 1.54) is 5.57 Å². The van der Waals surface area contributed by atoms with Crippen LogP contribution in [0.4, 0.5) is 0 Å². The Kier molecular flexibility index (Phi) is 3.46. The van der Waals surface area contributed by atoms with E-state index in [-0.39, 0.29) is 46.3 Å². The number of hydrogen-bond acceptors (Lipinski definition) is 5. The van der Waals surface area contributed by atoms with Gasteiger partial charge in [0.1, 0.15) is 0 Å². The molecule has 7 unspecified atom stereocenters. The van der Waals surface area contributed by atoms with Gasteiger partial charge >= 0.3 is 0 Å². The summed E-state index contributed by atoms with van der Waals surface area (Å²) in [6.45, 7) is 11.0. The molecule has 3 spiro atoms. The standard InChI is InChI=1S/C30H36O5/c1-15-18-12-26(4,14-31)13-30(18)24(33)29(28(15)8-9-28)7-6-16-20-21(29)23(35-30)34-27(20,5)19-11-25(2,3)10-17(19)22(16)32/h10,19,21,23,31H,6-9,11-14H2,1-5H3. The van der Waals surface area contributed by atoms with Crippen LogP contribution in [0.5, 0.6) is 0 Å². The largest absolute Gasteiger partial charge is 0.396 e. The lowest BCUT2D eigenvalue weighted by Crippen LogP contribution is -2.68. The highest BCUT2D eigenvalue weighted by molar-refractivity contribution is 6.12. The van der Waals surface area contributed by atoms with Crippen LogP contribution in [0.25, 0.3) is 0 Å². The lowest BCUT2D eigenvalue weighted by Gasteiger charge is -2.60. The van der Waals surface area contributed by atoms with Gasteiger partial charge in [-0.2, -0.15) is 0 Å². The van der Waals surface area contributed by atoms with Crippen molar-refractivity contribution in [3.8, 4) is 0 Å². The Morgan fingerprint density at radius 2 is 1.83 bits per heavy atom. The molecule has 35 heavy (non-hydrogen) atoms. The van der Waals surface area contributed by atoms with Gasteiger partial charge in [-0.25, -0.2) is 0 Å². The second kappa shape index (κ2) is 5.63. The molecule has 5 nitrogen and oxygen atoms in total. The maximum Gasteiger partial charge on any atom is 0.185 e. The van der Waals surface area contributed by atoms with Gasteiger partial charge < -0.3 is 14.6 Å². The van der Waals surface area contributed by atoms with Crippen LogP contribution in [0.1, 0.15) is 79.6 Å². The first-order valence-electron chi connectivity index (χ1n) is 13.6. The number of carbonyl (C=O) groups excluding carboxylic acids is 2. The Bertz CT molecular complexity index is 1260. The first kappa shape index (κ1) is 21.5. The number of hydrogen-bond donors (Lipinski definition) is 1. The van der Waals surface area contributed by atoms with E-state index in [2.05, 4.69) is 40.7 Å². The molecule has 4 fully saturated rings. The van der Waals surface area contributed by atoms with Crippen molar-refractivity contribution in [1.29, 1.82) is 0 Å². The first-order chi connectivity index (χ1) is 16.4. The van der Waals surface area contributed by atoms with Gasteiger partial charge in [0.15, 0.2) is 23.5 Å². The van der Waals surface area contributed by atoms with Crippen molar-refractivity contribution in [2.75, 3.05) is 6.61 Å². The molecular weight excluding hydrogens is 440 g/mol. The second-order valence-electron chi connectivity index (χ2n) is 14.4. The Balaban J connectivity index is 1.38. The molecule has 8 rings (SSSR count). The average Bonchev–Trinajstić information content (AvgIpc) is 3.36. The van der Waals surface area contributed by atoms with Crippen LogP contribution in [-0.4, -0.2) is 40.8 Å². The fourth-order valence-corrected chi connectivity index (χ4v) is 10.5. The van der Waals surface area contributed by atoms with Gasteiger partial charge in [0.05, 0.1) is 11.0 Å². The summed E-state index contributed by atoms with van der Waals surface area (Å²) in [6.07, 6.45) is 7.21. The second-order valence-corrected chi connectivity index (χ2v) is 14.4. The highest BCUT2D eigenvalue weighted by Gasteiger charge is 2.83. The van der Waals surface area contributed by atoms with Gasteiger partial charge in [0.2, 0.25) is 0 Å². The Morgan fingerprint density at radius 3 is 2.51 bits per heavy atom. The minimum atomic E-state index is -0.990. The molecule has 2 saturated heterocycles. The molecule has 0 aromatic carbocycles. The van der Waals surface area contributed by atoms with E-state index >= 15 is 0 Å². The molecule has 6 aliphatic carbocycles. The number of fused-ring (bicyclic) bond motifs is 2. The lowest BCUT2D eigenvalue weighted by molar-refractivity contribution is -0.267. The number of aliphatic hydroxyl groups is 1. The van der Waals surface area contributed by atoms with E-state index in [4.69, 9.17) is 9.47 Å². The predicted octanol–water partition coefficient (Wildman–Crippen LogP) is 4.59. The predicted molar refractivity (Wildman–Crippen MR) is 128 cm³/mol. The van der Waals surface area contributed by atoms with Crippen molar-refractivity contribution in [2.45, 2.75) is 97.1 Å². The summed E-state index contributed by atoms with van der Waals surface area (Å²) in [6, 6.07) is 0. The minimum absolute atomic E-state index is 0.00974. The fourth-order valence-electron chi connectivity index (χ4n) is 10.5. The molecule has 2 saturated carbocycles. The zero-order valence-electron chi connectivity index (χ0n) is 21.5. The van der Waals surface area contributed by atoms with Crippen molar-refractivity contribution in [3.05, 3.63) is 33.9 Å². The number of rotatable bonds is 1. The molecule has 8 aliphatic rings. The number of aliphatic hydroxyl groups excluding tert-OH is 1. The topological polar surface area (TPSA) is 72.8 Å². The molecule has 5 heteroatoms. The maximum absolute atomic E-state index is 14.9. The van der Waals surface area contributed by atoms with Gasteiger partial charge in [-0.15, -0.1) is 0 Å². The van der Waals surface area contributed by atoms with Gasteiger partial charge in [0.25, 0.3) is 0 Å². The van der Waals surface area contributed by atoms with E-state index in [0.717, 1.165) is 41.6 Å². The average molecular weight is 477 g/mol. The third kappa shape index (κ3) is 2.01. The van der Waals surface area contributed by atoms with Crippen molar-refractivity contribution in [2.24, 2.45) is 33.5 Å². The van der Waals surface area contributed by atoms with Crippen molar-refractivity contribution < 1.29 is 24.2 Å². The monoisotopic (exact) mass is 476 g/mol. The lowest BCUT2D eigenvalue weighted by atomic mass is 9.44. The first-order valence-corrected chi connectivity index (χ1v) is 13.6. The molecule has 2 bridgehead atoms. The Labute approximate surface area is 207 Å². The number of ether oxygens (including phenoxy) is 2. The summed E-state index contributed by atoms with van der Waals surface area (Å²) in [4.78, 5) is 28.8. The molecule has 0 aromatic rings. The smallest absolute Gasteiger partial charge is 0.185 e. The van der Waals surface area contributed by atoms with Crippen molar-refractivity contribution >= 4 is 11.6 Å². The van der Waals surface area contributed by atoms with Crippen LogP contribution in [0.15, 0.2) is 33.9 Å². The third-order valence-corrected chi connectivity index (χ3v) is 12.0. The van der Waals surface area contributed by atoms with Crippen LogP contribution in [0, 0.1) is 33.5 Å². The third-order valence-electron chi connectivity index (χ3n) is 12.0. The molecule has 2 heterocycles. The molecular formula is C30H36O5. The summed E-state index contributed by atoms with van der Waals surface area (Å²) in [5.41, 5.74) is 2.69. The number of Topliss-reactive ketones (excluding diaryl/α,β-unsaturated/α-hetero) is 2. The van der Waals surface area contributed by atoms with Gasteiger partial charge in [0, 0.05) is 35.0 Å². The SMILES string of the molecule is CC1=C2CC(C)(CO)CC23OC2OC4(C)C5=C(CCC(C3=O)(C52)C12CC2)C(=O)C1=CC(C)(C)CC14. The number of carbonyl (C=O) groups is 2. The molecule has 1 N–H and O–H groups in total. The maximum atomic E-state index is 14.9. The summed E-state index contributed by atoms with van der Waals surface area (Å²) in [7, 11) is 0. The molecule has 0 radical (unpaired) electrons. The Morgan fingerprint density at radius 1 is 1.09 bits per heavy atom. The van der Waals surface area contributed by atoms with Gasteiger partial charge in [-0.05, 0) is 80.8 Å². The van der Waals surface area contributed by atoms with E-state index < -0.39 is 22.9 Å². The van der Waals surface area contributed by atoms with Crippen molar-refractivity contribution in [3.63, 3.8) is 0 Å². The van der Waals surface area contributed by atoms with E-state index in [1.54, 1.807) is 0 Å². The summed E-state index contributed by atoms with van der Waals surface area (Å²) < 4.78 is 14.0. The zero-order chi connectivity index (χ0) is 24.6. The van der Waals surface area contributed by atoms with Gasteiger partial charge in [-0.1, -0.05) is 32.4 Å². The highest BCUT2D eigenvalue weighted by atomic mass is 16.7. The number of ketones is 2. The van der Waals surface area contributed by atoms with Crippen LogP contribution in [0.2, 0.25) is 0 Å². The van der Waals surface area contributed by atoms with Crippen LogP contribution in [-0.2, 0) is 19.1 Å². The minimum Gasteiger partial charge on any atom is -0.396 e. The summed E-state index contributed by atoms with van der Waals surface area (Å²) in [5.74, 6) is 0.266. The van der Waals surface area contributed by atoms with E-state index in [0.29, 0.717) is 25.7 Å². The van der Waals surface area contributed by atoms with Crippen molar-refractivity contribution in [1.82, 2.24) is 0 Å². The molecule has 186 valence electrons. The molecule has 0 aromatic heterocycles. The fraction of sp³-hybridized carbons (Fsp3) is 0.733. The van der Waals surface area contributed by atoms with Crippen LogP contribution < -0.4 is 0 Å². The number of allylic oxidation sites excluding steroid dienone is 3. The molecule has 2 aliphatic heterocycles. The van der Waals surface area contributed by atoms with E-state index in [1.807, 2.05) is 0 Å². The van der Waals surface area contributed by atoms with E-state index in [9.17, 15) is 14.7 Å². The van der Waals surface area contributed by atoms with Crippen LogP contribution in [0.3, 0.4) is 0 Å². The van der Waals surface area contributed by atoms with Gasteiger partial charge in [-0.3, -0.25) is 9.59 Å². The normalized spacial score (nSPS) is 51.5. The zero-order valence-corrected chi connectivity index (χ0v) is 21.5. The summed E-state index contributed by atoms with van der Waals surface area (Å²) in [5, 5.41) is 10.3. The summed E-state index contributed by atoms with van der Waals surface area (Å²) >= 11 is 0. The van der Waals surface area contributed by atoms with Crippen LogP contribution >= 0.6 is 0 Å². The Hall–Kier alpha value is -1.56. The molecule has 7 atom stereocenters. The highest BCUT2D eigenvalue weighted by Crippen LogP contribution is 2.81. The quantitative estimate of drug-likeness (QED) is 0.561.